The Morgan fingerprint density at radius 3 is 2.44 bits per heavy atom. The number of benzene rings is 1. The van der Waals surface area contributed by atoms with E-state index in [0.717, 1.165) is 18.5 Å². The molecular formula is C14H22N4. The Balaban J connectivity index is 3.07. The molecule has 0 saturated heterocycles. The monoisotopic (exact) mass is 246 g/mol. The molecule has 18 heavy (non-hydrogen) atoms. The standard InChI is InChI=1S/C14H22N4/c1-3-10-4-5-11(8-12(10)9-18-2)13(15)6-7-14(16)17/h4-8,18H,3,9,15-17H2,1-2H3/b13-6-. The maximum Gasteiger partial charge on any atom is 0.0934 e. The predicted molar refractivity (Wildman–Crippen MR) is 77.2 cm³/mol. The number of rotatable bonds is 5. The largest absolute Gasteiger partial charge is 0.398 e. The van der Waals surface area contributed by atoms with Gasteiger partial charge in [0.25, 0.3) is 0 Å². The third kappa shape index (κ3) is 3.82. The summed E-state index contributed by atoms with van der Waals surface area (Å²) in [6.45, 7) is 2.98. The molecule has 4 heteroatoms. The van der Waals surface area contributed by atoms with Gasteiger partial charge in [-0.2, -0.15) is 0 Å². The van der Waals surface area contributed by atoms with Crippen molar-refractivity contribution in [2.75, 3.05) is 7.05 Å². The SMILES string of the molecule is CCc1ccc(/C(N)=C/C=C(N)N)cc1CNC. The maximum absolute atomic E-state index is 5.98. The molecule has 0 atom stereocenters. The summed E-state index contributed by atoms with van der Waals surface area (Å²) < 4.78 is 0. The van der Waals surface area contributed by atoms with Crippen molar-refractivity contribution < 1.29 is 0 Å². The van der Waals surface area contributed by atoms with Gasteiger partial charge in [-0.15, -0.1) is 0 Å². The van der Waals surface area contributed by atoms with Gasteiger partial charge >= 0.3 is 0 Å². The van der Waals surface area contributed by atoms with Crippen molar-refractivity contribution in [1.82, 2.24) is 5.32 Å². The molecule has 1 rings (SSSR count). The van der Waals surface area contributed by atoms with Crippen LogP contribution < -0.4 is 22.5 Å². The van der Waals surface area contributed by atoms with Crippen LogP contribution in [0.4, 0.5) is 0 Å². The zero-order valence-electron chi connectivity index (χ0n) is 11.0. The summed E-state index contributed by atoms with van der Waals surface area (Å²) in [6.07, 6.45) is 4.33. The first-order valence-electron chi connectivity index (χ1n) is 6.03. The van der Waals surface area contributed by atoms with Crippen LogP contribution in [0.1, 0.15) is 23.6 Å². The average molecular weight is 246 g/mol. The van der Waals surface area contributed by atoms with Crippen molar-refractivity contribution >= 4 is 5.70 Å². The third-order valence-electron chi connectivity index (χ3n) is 2.74. The lowest BCUT2D eigenvalue weighted by Crippen LogP contribution is -2.09. The first-order valence-corrected chi connectivity index (χ1v) is 6.03. The summed E-state index contributed by atoms with van der Waals surface area (Å²) in [5, 5.41) is 3.16. The van der Waals surface area contributed by atoms with Crippen molar-refractivity contribution in [3.63, 3.8) is 0 Å². The summed E-state index contributed by atoms with van der Waals surface area (Å²) in [7, 11) is 1.93. The van der Waals surface area contributed by atoms with Gasteiger partial charge < -0.3 is 22.5 Å². The van der Waals surface area contributed by atoms with Gasteiger partial charge in [-0.1, -0.05) is 19.1 Å². The number of nitrogens with one attached hydrogen (secondary N) is 1. The number of allylic oxidation sites excluding steroid dienone is 2. The zero-order chi connectivity index (χ0) is 13.5. The van der Waals surface area contributed by atoms with Gasteiger partial charge in [-0.05, 0) is 48.4 Å². The normalized spacial score (nSPS) is 11.3. The average Bonchev–Trinajstić information content (AvgIpc) is 2.36. The minimum atomic E-state index is 0.249. The lowest BCUT2D eigenvalue weighted by molar-refractivity contribution is 0.805. The van der Waals surface area contributed by atoms with E-state index in [1.807, 2.05) is 13.1 Å². The van der Waals surface area contributed by atoms with E-state index in [9.17, 15) is 0 Å². The number of nitrogens with two attached hydrogens (primary N) is 3. The van der Waals surface area contributed by atoms with E-state index in [-0.39, 0.29) is 5.82 Å². The minimum Gasteiger partial charge on any atom is -0.398 e. The van der Waals surface area contributed by atoms with Crippen molar-refractivity contribution in [3.8, 4) is 0 Å². The fourth-order valence-electron chi connectivity index (χ4n) is 1.79. The maximum atomic E-state index is 5.98. The van der Waals surface area contributed by atoms with Gasteiger partial charge in [0.15, 0.2) is 0 Å². The molecule has 0 aromatic heterocycles. The van der Waals surface area contributed by atoms with Gasteiger partial charge in [-0.25, -0.2) is 0 Å². The molecule has 7 N–H and O–H groups in total. The van der Waals surface area contributed by atoms with Crippen molar-refractivity contribution in [1.29, 1.82) is 0 Å². The Bertz CT molecular complexity index is 457. The van der Waals surface area contributed by atoms with Gasteiger partial charge in [-0.3, -0.25) is 0 Å². The summed E-state index contributed by atoms with van der Waals surface area (Å²) in [4.78, 5) is 0. The number of hydrogen-bond donors (Lipinski definition) is 4. The number of aryl methyl sites for hydroxylation is 1. The van der Waals surface area contributed by atoms with E-state index in [0.29, 0.717) is 5.70 Å². The van der Waals surface area contributed by atoms with Gasteiger partial charge in [0.05, 0.1) is 5.82 Å². The van der Waals surface area contributed by atoms with Crippen LogP contribution in [0.25, 0.3) is 5.70 Å². The topological polar surface area (TPSA) is 90.1 Å². The van der Waals surface area contributed by atoms with Crippen molar-refractivity contribution in [2.45, 2.75) is 19.9 Å². The Kier molecular flexibility index (Phi) is 5.27. The summed E-state index contributed by atoms with van der Waals surface area (Å²) in [5.74, 6) is 0.249. The van der Waals surface area contributed by atoms with E-state index in [4.69, 9.17) is 17.2 Å². The van der Waals surface area contributed by atoms with E-state index in [1.165, 1.54) is 11.1 Å². The Morgan fingerprint density at radius 2 is 1.89 bits per heavy atom. The molecule has 0 aliphatic rings. The zero-order valence-corrected chi connectivity index (χ0v) is 11.0. The molecule has 98 valence electrons. The molecule has 0 bridgehead atoms. The van der Waals surface area contributed by atoms with Crippen LogP contribution in [0, 0.1) is 0 Å². The molecule has 0 heterocycles. The molecule has 0 saturated carbocycles. The van der Waals surface area contributed by atoms with Gasteiger partial charge in [0.1, 0.15) is 0 Å². The first-order chi connectivity index (χ1) is 8.58. The lowest BCUT2D eigenvalue weighted by atomic mass is 10.0. The molecule has 0 unspecified atom stereocenters. The predicted octanol–water partition coefficient (Wildman–Crippen LogP) is 1.03. The second-order valence-electron chi connectivity index (χ2n) is 4.16. The van der Waals surface area contributed by atoms with Crippen LogP contribution in [0.3, 0.4) is 0 Å². The Hall–Kier alpha value is -1.94. The van der Waals surface area contributed by atoms with Crippen LogP contribution in [0.15, 0.2) is 36.2 Å². The van der Waals surface area contributed by atoms with E-state index < -0.39 is 0 Å². The van der Waals surface area contributed by atoms with E-state index in [1.54, 1.807) is 12.2 Å². The smallest absolute Gasteiger partial charge is 0.0934 e. The van der Waals surface area contributed by atoms with E-state index >= 15 is 0 Å². The van der Waals surface area contributed by atoms with Crippen LogP contribution in [-0.4, -0.2) is 7.05 Å². The number of hydrogen-bond acceptors (Lipinski definition) is 4. The quantitative estimate of drug-likeness (QED) is 0.584. The first kappa shape index (κ1) is 14.1. The highest BCUT2D eigenvalue weighted by Crippen LogP contribution is 2.17. The van der Waals surface area contributed by atoms with Crippen LogP contribution >= 0.6 is 0 Å². The second kappa shape index (κ2) is 6.71. The molecule has 4 nitrogen and oxygen atoms in total. The van der Waals surface area contributed by atoms with Crippen molar-refractivity contribution in [3.05, 3.63) is 52.9 Å². The molecule has 1 aromatic rings. The Labute approximate surface area is 109 Å². The Morgan fingerprint density at radius 1 is 1.17 bits per heavy atom. The fourth-order valence-corrected chi connectivity index (χ4v) is 1.79. The summed E-state index contributed by atoms with van der Waals surface area (Å²) >= 11 is 0. The molecule has 0 radical (unpaired) electrons. The highest BCUT2D eigenvalue weighted by Gasteiger charge is 2.03. The summed E-state index contributed by atoms with van der Waals surface area (Å²) in [5.41, 5.74) is 21.0. The molecule has 0 fully saturated rings. The van der Waals surface area contributed by atoms with Crippen molar-refractivity contribution in [2.24, 2.45) is 17.2 Å². The molecule has 0 amide bonds. The summed E-state index contributed by atoms with van der Waals surface area (Å²) in [6, 6.07) is 6.23. The van der Waals surface area contributed by atoms with Gasteiger partial charge in [0, 0.05) is 12.2 Å². The van der Waals surface area contributed by atoms with Crippen LogP contribution in [0.5, 0.6) is 0 Å². The molecular weight excluding hydrogens is 224 g/mol. The minimum absolute atomic E-state index is 0.249. The van der Waals surface area contributed by atoms with E-state index in [2.05, 4.69) is 24.4 Å². The lowest BCUT2D eigenvalue weighted by Gasteiger charge is -2.10. The molecule has 1 aromatic carbocycles. The molecule has 0 spiro atoms. The highest BCUT2D eigenvalue weighted by molar-refractivity contribution is 5.65. The van der Waals surface area contributed by atoms with Gasteiger partial charge in [0.2, 0.25) is 0 Å². The molecule has 0 aliphatic heterocycles. The third-order valence-corrected chi connectivity index (χ3v) is 2.74. The highest BCUT2D eigenvalue weighted by atomic mass is 14.8. The van der Waals surface area contributed by atoms with Crippen LogP contribution in [0.2, 0.25) is 0 Å². The second-order valence-corrected chi connectivity index (χ2v) is 4.16. The van der Waals surface area contributed by atoms with Crippen LogP contribution in [-0.2, 0) is 13.0 Å². The fraction of sp³-hybridized carbons (Fsp3) is 0.286. The molecule has 0 aliphatic carbocycles.